The van der Waals surface area contributed by atoms with Gasteiger partial charge < -0.3 is 36.1 Å². The highest BCUT2D eigenvalue weighted by Gasteiger charge is 2.42. The number of ketones is 1. The molecule has 4 heterocycles. The topological polar surface area (TPSA) is 165 Å². The van der Waals surface area contributed by atoms with Gasteiger partial charge in [-0.25, -0.2) is 4.98 Å². The van der Waals surface area contributed by atoms with Gasteiger partial charge in [-0.15, -0.1) is 11.3 Å². The zero-order chi connectivity index (χ0) is 36.2. The Morgan fingerprint density at radius 1 is 1.12 bits per heavy atom. The quantitative estimate of drug-likeness (QED) is 0.140. The zero-order valence-electron chi connectivity index (χ0n) is 29.6. The van der Waals surface area contributed by atoms with Crippen molar-refractivity contribution in [2.75, 3.05) is 45.9 Å². The van der Waals surface area contributed by atoms with Gasteiger partial charge in [0.25, 0.3) is 5.91 Å². The molecule has 0 saturated carbocycles. The van der Waals surface area contributed by atoms with Crippen molar-refractivity contribution in [2.24, 2.45) is 11.7 Å². The highest BCUT2D eigenvalue weighted by Crippen LogP contribution is 2.32. The smallest absolute Gasteiger partial charge is 0.289 e. The number of aromatic nitrogens is 1. The zero-order valence-corrected chi connectivity index (χ0v) is 31.2. The third-order valence-corrected chi connectivity index (χ3v) is 11.6. The number of hydrogen-bond acceptors (Lipinski definition) is 10. The first-order chi connectivity index (χ1) is 24.7. The van der Waals surface area contributed by atoms with Crippen LogP contribution in [0.15, 0.2) is 24.3 Å². The number of rotatable bonds is 17. The van der Waals surface area contributed by atoms with Crippen LogP contribution in [0.25, 0.3) is 0 Å². The number of halogens is 1. The van der Waals surface area contributed by atoms with Gasteiger partial charge in [-0.2, -0.15) is 0 Å². The van der Waals surface area contributed by atoms with E-state index in [9.17, 15) is 19.2 Å². The number of ether oxygens (including phenoxy) is 2. The Kier molecular flexibility index (Phi) is 15.2. The van der Waals surface area contributed by atoms with E-state index in [2.05, 4.69) is 16.0 Å². The molecule has 3 atom stereocenters. The van der Waals surface area contributed by atoms with Crippen molar-refractivity contribution >= 4 is 46.4 Å². The molecule has 3 aliphatic heterocycles. The standard InChI is InChI=1S/C37H53ClN6O6S/c1-24-31(43-37(51-24)27-10-15-40-16-11-27)21-33(45)44-22-29(50-23-26-5-7-28(38)8-6-26)20-32(44)35(47)42-30(4-2-3-14-39)34(46)36(48)41-17-9-25-12-18-49-19-13-25/h5-8,25,27,29-30,32,40H,2-4,9-23,39H2,1H3,(H,41,48)(H,42,47)/t29-,30+,32+/m1/s1. The summed E-state index contributed by atoms with van der Waals surface area (Å²) in [6.45, 7) is 6.63. The van der Waals surface area contributed by atoms with E-state index in [4.69, 9.17) is 31.8 Å². The van der Waals surface area contributed by atoms with Gasteiger partial charge in [0, 0.05) is 48.5 Å². The molecule has 5 N–H and O–H groups in total. The van der Waals surface area contributed by atoms with Gasteiger partial charge in [-0.3, -0.25) is 19.2 Å². The fourth-order valence-corrected chi connectivity index (χ4v) is 8.27. The second-order valence-electron chi connectivity index (χ2n) is 13.9. The predicted octanol–water partition coefficient (Wildman–Crippen LogP) is 3.42. The van der Waals surface area contributed by atoms with Crippen LogP contribution in [0.4, 0.5) is 0 Å². The summed E-state index contributed by atoms with van der Waals surface area (Å²) in [5.74, 6) is -1.29. The van der Waals surface area contributed by atoms with E-state index in [1.54, 1.807) is 28.4 Å². The average Bonchev–Trinajstić information content (AvgIpc) is 3.75. The number of nitrogens with two attached hydrogens (primary N) is 1. The third kappa shape index (κ3) is 11.5. The summed E-state index contributed by atoms with van der Waals surface area (Å²) in [6.07, 6.45) is 6.04. The molecule has 1 aromatic carbocycles. The molecule has 12 nitrogen and oxygen atoms in total. The largest absolute Gasteiger partial charge is 0.381 e. The molecule has 3 aliphatic rings. The van der Waals surface area contributed by atoms with Crippen LogP contribution >= 0.6 is 22.9 Å². The number of amides is 3. The second-order valence-corrected chi connectivity index (χ2v) is 15.6. The maximum absolute atomic E-state index is 14.0. The Balaban J connectivity index is 1.26. The summed E-state index contributed by atoms with van der Waals surface area (Å²) in [4.78, 5) is 61.9. The second kappa shape index (κ2) is 19.8. The van der Waals surface area contributed by atoms with Crippen LogP contribution in [-0.4, -0.2) is 97.5 Å². The SMILES string of the molecule is Cc1sc(C2CCNCC2)nc1CC(=O)N1C[C@H](OCc2ccc(Cl)cc2)C[C@H]1C(=O)N[C@@H](CCCCN)C(=O)C(=O)NCCC1CCOCC1. The molecular formula is C37H53ClN6O6S. The number of likely N-dealkylation sites (tertiary alicyclic amines) is 1. The Labute approximate surface area is 309 Å². The fraction of sp³-hybridized carbons (Fsp3) is 0.649. The number of nitrogens with zero attached hydrogens (tertiary/aromatic N) is 2. The molecule has 3 saturated heterocycles. The van der Waals surface area contributed by atoms with Crippen molar-refractivity contribution in [3.8, 4) is 0 Å². The monoisotopic (exact) mass is 744 g/mol. The van der Waals surface area contributed by atoms with E-state index >= 15 is 0 Å². The van der Waals surface area contributed by atoms with E-state index in [0.717, 1.165) is 66.3 Å². The summed E-state index contributed by atoms with van der Waals surface area (Å²) in [5, 5.41) is 10.7. The Morgan fingerprint density at radius 3 is 2.59 bits per heavy atom. The van der Waals surface area contributed by atoms with E-state index in [-0.39, 0.29) is 38.3 Å². The summed E-state index contributed by atoms with van der Waals surface area (Å²) in [7, 11) is 0. The van der Waals surface area contributed by atoms with Gasteiger partial charge >= 0.3 is 0 Å². The molecule has 14 heteroatoms. The minimum atomic E-state index is -1.04. The van der Waals surface area contributed by atoms with E-state index in [1.807, 2.05) is 19.1 Å². The summed E-state index contributed by atoms with van der Waals surface area (Å²) in [5.41, 5.74) is 7.37. The minimum absolute atomic E-state index is 0.0649. The van der Waals surface area contributed by atoms with Gasteiger partial charge in [0.2, 0.25) is 17.6 Å². The number of benzene rings is 1. The van der Waals surface area contributed by atoms with E-state index in [0.29, 0.717) is 56.0 Å². The van der Waals surface area contributed by atoms with Crippen LogP contribution < -0.4 is 21.7 Å². The number of Topliss-reactive ketones (excluding diaryl/α,β-unsaturated/α-hetero) is 1. The molecule has 0 unspecified atom stereocenters. The maximum Gasteiger partial charge on any atom is 0.289 e. The van der Waals surface area contributed by atoms with E-state index < -0.39 is 35.8 Å². The number of hydrogen-bond donors (Lipinski definition) is 4. The fourth-order valence-electron chi connectivity index (χ4n) is 7.04. The number of piperidine rings is 1. The van der Waals surface area contributed by atoms with Crippen molar-refractivity contribution in [1.82, 2.24) is 25.8 Å². The number of thiazole rings is 1. The van der Waals surface area contributed by atoms with Crippen LogP contribution in [0.2, 0.25) is 5.02 Å². The summed E-state index contributed by atoms with van der Waals surface area (Å²) in [6, 6.07) is 5.42. The number of aryl methyl sites for hydroxylation is 1. The number of carbonyl (C=O) groups is 4. The molecule has 1 aromatic heterocycles. The molecule has 3 amide bonds. The van der Waals surface area contributed by atoms with Crippen molar-refractivity contribution in [2.45, 2.75) is 102 Å². The molecule has 0 aliphatic carbocycles. The average molecular weight is 745 g/mol. The van der Waals surface area contributed by atoms with Gasteiger partial charge in [-0.1, -0.05) is 23.7 Å². The molecule has 2 aromatic rings. The Morgan fingerprint density at radius 2 is 1.86 bits per heavy atom. The molecule has 5 rings (SSSR count). The number of unbranched alkanes of at least 4 members (excludes halogenated alkanes) is 1. The first kappa shape index (κ1) is 39.3. The predicted molar refractivity (Wildman–Crippen MR) is 197 cm³/mol. The molecular weight excluding hydrogens is 692 g/mol. The minimum Gasteiger partial charge on any atom is -0.381 e. The highest BCUT2D eigenvalue weighted by atomic mass is 35.5. The van der Waals surface area contributed by atoms with Crippen LogP contribution in [0.1, 0.15) is 84.8 Å². The van der Waals surface area contributed by atoms with Crippen molar-refractivity contribution in [3.05, 3.63) is 50.4 Å². The van der Waals surface area contributed by atoms with Crippen molar-refractivity contribution < 1.29 is 28.7 Å². The first-order valence-electron chi connectivity index (χ1n) is 18.4. The Hall–Kier alpha value is -2.94. The molecule has 0 radical (unpaired) electrons. The summed E-state index contributed by atoms with van der Waals surface area (Å²) >= 11 is 7.70. The van der Waals surface area contributed by atoms with Crippen molar-refractivity contribution in [1.29, 1.82) is 0 Å². The lowest BCUT2D eigenvalue weighted by Crippen LogP contribution is -2.53. The molecule has 0 spiro atoms. The molecule has 3 fully saturated rings. The van der Waals surface area contributed by atoms with Crippen LogP contribution in [0.3, 0.4) is 0 Å². The highest BCUT2D eigenvalue weighted by molar-refractivity contribution is 7.11. The lowest BCUT2D eigenvalue weighted by Gasteiger charge is -2.26. The maximum atomic E-state index is 14.0. The van der Waals surface area contributed by atoms with Gasteiger partial charge in [0.1, 0.15) is 6.04 Å². The lowest BCUT2D eigenvalue weighted by molar-refractivity contribution is -0.142. The number of nitrogens with one attached hydrogen (secondary N) is 3. The molecule has 280 valence electrons. The normalized spacial score (nSPS) is 20.6. The molecule has 51 heavy (non-hydrogen) atoms. The molecule has 0 bridgehead atoms. The third-order valence-electron chi connectivity index (χ3n) is 10.2. The van der Waals surface area contributed by atoms with Gasteiger partial charge in [-0.05, 0) is 102 Å². The van der Waals surface area contributed by atoms with Gasteiger partial charge in [0.05, 0.1) is 35.9 Å². The lowest BCUT2D eigenvalue weighted by atomic mass is 9.96. The van der Waals surface area contributed by atoms with Crippen LogP contribution in [0.5, 0.6) is 0 Å². The Bertz CT molecular complexity index is 1460. The summed E-state index contributed by atoms with van der Waals surface area (Å²) < 4.78 is 11.6. The van der Waals surface area contributed by atoms with Crippen LogP contribution in [-0.2, 0) is 41.7 Å². The first-order valence-corrected chi connectivity index (χ1v) is 19.6. The van der Waals surface area contributed by atoms with E-state index in [1.165, 1.54) is 0 Å². The number of carbonyl (C=O) groups excluding carboxylic acids is 4. The van der Waals surface area contributed by atoms with Crippen molar-refractivity contribution in [3.63, 3.8) is 0 Å². The van der Waals surface area contributed by atoms with Crippen LogP contribution in [0, 0.1) is 12.8 Å². The van der Waals surface area contributed by atoms with Gasteiger partial charge in [0.15, 0.2) is 0 Å².